The lowest BCUT2D eigenvalue weighted by Crippen LogP contribution is -2.66. The standard InChI is InChI=1S/C20H31NO2/c1-14-10-11-17-18(12-14)23-19(15(2)22)21(20(17,3)4)13-16-8-6-5-7-9-16/h5-9,14-15,17-19,22H,10-13H2,1-4H3/t14-,15+,17-,18-,19+/m1/s1. The highest BCUT2D eigenvalue weighted by Gasteiger charge is 2.51. The van der Waals surface area contributed by atoms with Gasteiger partial charge in [-0.2, -0.15) is 0 Å². The van der Waals surface area contributed by atoms with Gasteiger partial charge in [0.05, 0.1) is 12.2 Å². The molecule has 2 fully saturated rings. The van der Waals surface area contributed by atoms with Gasteiger partial charge in [-0.25, -0.2) is 0 Å². The normalized spacial score (nSPS) is 35.5. The van der Waals surface area contributed by atoms with Crippen LogP contribution in [0.2, 0.25) is 0 Å². The minimum atomic E-state index is -0.490. The van der Waals surface area contributed by atoms with Crippen molar-refractivity contribution in [1.82, 2.24) is 4.90 Å². The number of benzene rings is 1. The minimum absolute atomic E-state index is 0.0283. The van der Waals surface area contributed by atoms with Crippen molar-refractivity contribution in [1.29, 1.82) is 0 Å². The summed E-state index contributed by atoms with van der Waals surface area (Å²) in [5.41, 5.74) is 1.30. The number of hydrogen-bond acceptors (Lipinski definition) is 3. The molecule has 3 rings (SSSR count). The van der Waals surface area contributed by atoms with Crippen LogP contribution in [-0.4, -0.2) is 34.0 Å². The fraction of sp³-hybridized carbons (Fsp3) is 0.700. The van der Waals surface area contributed by atoms with Crippen molar-refractivity contribution in [2.75, 3.05) is 0 Å². The second-order valence-electron chi connectivity index (χ2n) is 8.10. The number of aliphatic hydroxyl groups excluding tert-OH is 1. The molecule has 0 unspecified atom stereocenters. The van der Waals surface area contributed by atoms with Crippen molar-refractivity contribution < 1.29 is 9.84 Å². The van der Waals surface area contributed by atoms with Crippen molar-refractivity contribution in [2.45, 2.75) is 77.5 Å². The van der Waals surface area contributed by atoms with Crippen LogP contribution in [-0.2, 0) is 11.3 Å². The fourth-order valence-corrected chi connectivity index (χ4v) is 4.53. The van der Waals surface area contributed by atoms with Crippen LogP contribution >= 0.6 is 0 Å². The summed E-state index contributed by atoms with van der Waals surface area (Å²) in [5, 5.41) is 10.3. The Labute approximate surface area is 140 Å². The largest absolute Gasteiger partial charge is 0.389 e. The van der Waals surface area contributed by atoms with Gasteiger partial charge in [0.25, 0.3) is 0 Å². The molecule has 0 amide bonds. The molecular weight excluding hydrogens is 286 g/mol. The summed E-state index contributed by atoms with van der Waals surface area (Å²) in [6.45, 7) is 9.66. The average molecular weight is 317 g/mol. The van der Waals surface area contributed by atoms with Gasteiger partial charge in [-0.15, -0.1) is 0 Å². The molecule has 1 saturated carbocycles. The van der Waals surface area contributed by atoms with Gasteiger partial charge >= 0.3 is 0 Å². The van der Waals surface area contributed by atoms with E-state index in [9.17, 15) is 5.11 Å². The second kappa shape index (κ2) is 6.54. The predicted octanol–water partition coefficient (Wildman–Crippen LogP) is 3.81. The van der Waals surface area contributed by atoms with Gasteiger partial charge in [0, 0.05) is 18.0 Å². The van der Waals surface area contributed by atoms with E-state index in [0.717, 1.165) is 18.9 Å². The second-order valence-corrected chi connectivity index (χ2v) is 8.10. The molecule has 1 N–H and O–H groups in total. The van der Waals surface area contributed by atoms with Crippen LogP contribution in [0.4, 0.5) is 0 Å². The van der Waals surface area contributed by atoms with Gasteiger partial charge in [0.2, 0.25) is 0 Å². The maximum Gasteiger partial charge on any atom is 0.137 e. The van der Waals surface area contributed by atoms with Crippen LogP contribution < -0.4 is 0 Å². The number of fused-ring (bicyclic) bond motifs is 1. The molecule has 1 saturated heterocycles. The van der Waals surface area contributed by atoms with Crippen molar-refractivity contribution in [3.8, 4) is 0 Å². The van der Waals surface area contributed by atoms with Crippen LogP contribution in [0.25, 0.3) is 0 Å². The summed E-state index contributed by atoms with van der Waals surface area (Å²) in [7, 11) is 0. The summed E-state index contributed by atoms with van der Waals surface area (Å²) in [6.07, 6.45) is 3.19. The third kappa shape index (κ3) is 3.33. The zero-order valence-corrected chi connectivity index (χ0v) is 14.9. The number of nitrogens with zero attached hydrogens (tertiary/aromatic N) is 1. The zero-order valence-electron chi connectivity index (χ0n) is 14.9. The smallest absolute Gasteiger partial charge is 0.137 e. The molecule has 0 bridgehead atoms. The Bertz CT molecular complexity index is 514. The van der Waals surface area contributed by atoms with Gasteiger partial charge < -0.3 is 9.84 Å². The number of aliphatic hydroxyl groups is 1. The molecule has 3 nitrogen and oxygen atoms in total. The predicted molar refractivity (Wildman–Crippen MR) is 92.9 cm³/mol. The third-order valence-corrected chi connectivity index (χ3v) is 5.93. The van der Waals surface area contributed by atoms with Crippen LogP contribution in [0.3, 0.4) is 0 Å². The maximum atomic E-state index is 10.3. The fourth-order valence-electron chi connectivity index (χ4n) is 4.53. The van der Waals surface area contributed by atoms with E-state index < -0.39 is 6.10 Å². The van der Waals surface area contributed by atoms with E-state index in [0.29, 0.717) is 5.92 Å². The molecule has 1 aliphatic heterocycles. The molecule has 0 spiro atoms. The SMILES string of the molecule is C[C@@H]1CC[C@@H]2[C@@H](C1)O[C@@H]([C@H](C)O)N(Cc1ccccc1)C2(C)C. The molecule has 1 aliphatic carbocycles. The Morgan fingerprint density at radius 3 is 2.61 bits per heavy atom. The quantitative estimate of drug-likeness (QED) is 0.920. The topological polar surface area (TPSA) is 32.7 Å². The van der Waals surface area contributed by atoms with Crippen LogP contribution in [0.15, 0.2) is 30.3 Å². The lowest BCUT2D eigenvalue weighted by Gasteiger charge is -2.58. The van der Waals surface area contributed by atoms with Gasteiger partial charge in [0.1, 0.15) is 6.23 Å². The first kappa shape index (κ1) is 16.9. The summed E-state index contributed by atoms with van der Waals surface area (Å²) < 4.78 is 6.42. The lowest BCUT2D eigenvalue weighted by atomic mass is 9.69. The highest BCUT2D eigenvalue weighted by atomic mass is 16.5. The van der Waals surface area contributed by atoms with E-state index in [1.165, 1.54) is 18.4 Å². The van der Waals surface area contributed by atoms with Crippen LogP contribution in [0.1, 0.15) is 52.5 Å². The Kier molecular flexibility index (Phi) is 4.82. The molecule has 3 heteroatoms. The van der Waals surface area contributed by atoms with Crippen molar-refractivity contribution in [2.24, 2.45) is 11.8 Å². The van der Waals surface area contributed by atoms with Gasteiger partial charge in [-0.05, 0) is 45.1 Å². The molecule has 1 heterocycles. The average Bonchev–Trinajstić information content (AvgIpc) is 2.50. The molecule has 1 aromatic rings. The molecule has 5 atom stereocenters. The van der Waals surface area contributed by atoms with E-state index in [1.54, 1.807) is 0 Å². The van der Waals surface area contributed by atoms with Crippen molar-refractivity contribution in [3.63, 3.8) is 0 Å². The lowest BCUT2D eigenvalue weighted by molar-refractivity contribution is -0.261. The summed E-state index contributed by atoms with van der Waals surface area (Å²) in [5.74, 6) is 1.26. The summed E-state index contributed by atoms with van der Waals surface area (Å²) in [4.78, 5) is 2.38. The van der Waals surface area contributed by atoms with Crippen molar-refractivity contribution in [3.05, 3.63) is 35.9 Å². The zero-order chi connectivity index (χ0) is 16.6. The number of rotatable bonds is 3. The number of ether oxygens (including phenoxy) is 1. The van der Waals surface area contributed by atoms with E-state index in [-0.39, 0.29) is 17.9 Å². The first-order valence-electron chi connectivity index (χ1n) is 9.03. The summed E-state index contributed by atoms with van der Waals surface area (Å²) >= 11 is 0. The van der Waals surface area contributed by atoms with Gasteiger partial charge in [0.15, 0.2) is 0 Å². The Hall–Kier alpha value is -0.900. The Balaban J connectivity index is 1.88. The molecule has 0 aromatic heterocycles. The molecule has 0 radical (unpaired) electrons. The summed E-state index contributed by atoms with van der Waals surface area (Å²) in [6, 6.07) is 10.5. The molecular formula is C20H31NO2. The molecule has 2 aliphatic rings. The van der Waals surface area contributed by atoms with E-state index in [2.05, 4.69) is 49.9 Å². The highest BCUT2D eigenvalue weighted by molar-refractivity contribution is 5.16. The van der Waals surface area contributed by atoms with E-state index >= 15 is 0 Å². The molecule has 1 aromatic carbocycles. The van der Waals surface area contributed by atoms with Crippen molar-refractivity contribution >= 4 is 0 Å². The number of hydrogen-bond donors (Lipinski definition) is 1. The highest BCUT2D eigenvalue weighted by Crippen LogP contribution is 2.46. The van der Waals surface area contributed by atoms with E-state index in [4.69, 9.17) is 4.74 Å². The minimum Gasteiger partial charge on any atom is -0.389 e. The third-order valence-electron chi connectivity index (χ3n) is 5.93. The van der Waals surface area contributed by atoms with E-state index in [1.807, 2.05) is 13.0 Å². The van der Waals surface area contributed by atoms with Gasteiger partial charge in [-0.3, -0.25) is 4.90 Å². The van der Waals surface area contributed by atoms with Crippen LogP contribution in [0.5, 0.6) is 0 Å². The first-order valence-corrected chi connectivity index (χ1v) is 9.03. The van der Waals surface area contributed by atoms with Gasteiger partial charge in [-0.1, -0.05) is 43.7 Å². The Morgan fingerprint density at radius 2 is 1.96 bits per heavy atom. The van der Waals surface area contributed by atoms with Crippen LogP contribution in [0, 0.1) is 11.8 Å². The molecule has 23 heavy (non-hydrogen) atoms. The first-order chi connectivity index (χ1) is 10.9. The monoisotopic (exact) mass is 317 g/mol. The Morgan fingerprint density at radius 1 is 1.26 bits per heavy atom. The molecule has 128 valence electrons. The maximum absolute atomic E-state index is 10.3.